The fourth-order valence-corrected chi connectivity index (χ4v) is 3.35. The highest BCUT2D eigenvalue weighted by Crippen LogP contribution is 2.35. The van der Waals surface area contributed by atoms with Crippen molar-refractivity contribution >= 4 is 5.69 Å². The van der Waals surface area contributed by atoms with Crippen LogP contribution in [-0.4, -0.2) is 23.4 Å². The highest BCUT2D eigenvalue weighted by Gasteiger charge is 2.25. The van der Waals surface area contributed by atoms with Crippen LogP contribution in [0.5, 0.6) is 11.5 Å². The van der Waals surface area contributed by atoms with Crippen LogP contribution in [0.15, 0.2) is 77.2 Å². The molecular formula is C25H24FN3O3. The molecule has 0 aliphatic carbocycles. The Morgan fingerprint density at radius 1 is 0.906 bits per heavy atom. The fourth-order valence-electron chi connectivity index (χ4n) is 3.35. The van der Waals surface area contributed by atoms with E-state index in [9.17, 15) is 4.39 Å². The lowest BCUT2D eigenvalue weighted by molar-refractivity contribution is 0.331. The first kappa shape index (κ1) is 21.4. The van der Waals surface area contributed by atoms with Crippen LogP contribution in [0.2, 0.25) is 0 Å². The molecule has 3 aromatic carbocycles. The topological polar surface area (TPSA) is 69.4 Å². The van der Waals surface area contributed by atoms with Gasteiger partial charge in [-0.2, -0.15) is 0 Å². The standard InChI is InChI=1S/C25H24FN3O3/c1-3-30-18-14-15-22(31-4-2)21(16-18)27-23(19-12-8-9-13-20(19)26)25-29-28-24(32-25)17-10-6-5-7-11-17/h5-16,23,27H,3-4H2,1-2H3/t23-/m1/s1. The summed E-state index contributed by atoms with van der Waals surface area (Å²) in [6, 6.07) is 20.7. The average Bonchev–Trinajstić information content (AvgIpc) is 3.31. The Labute approximate surface area is 186 Å². The zero-order valence-electron chi connectivity index (χ0n) is 17.9. The molecule has 0 bridgehead atoms. The normalized spacial score (nSPS) is 11.7. The average molecular weight is 433 g/mol. The van der Waals surface area contributed by atoms with Crippen LogP contribution in [-0.2, 0) is 0 Å². The quantitative estimate of drug-likeness (QED) is 0.356. The van der Waals surface area contributed by atoms with E-state index < -0.39 is 6.04 Å². The van der Waals surface area contributed by atoms with Crippen LogP contribution < -0.4 is 14.8 Å². The van der Waals surface area contributed by atoms with E-state index in [0.29, 0.717) is 41.9 Å². The number of hydrogen-bond acceptors (Lipinski definition) is 6. The number of ether oxygens (including phenoxy) is 2. The van der Waals surface area contributed by atoms with E-state index in [1.807, 2.05) is 62.4 Å². The highest BCUT2D eigenvalue weighted by molar-refractivity contribution is 5.62. The SMILES string of the molecule is CCOc1ccc(OCC)c(N[C@@H](c2nnc(-c3ccccc3)o2)c2ccccc2F)c1. The second kappa shape index (κ2) is 9.96. The number of hydrogen-bond donors (Lipinski definition) is 1. The molecule has 1 heterocycles. The zero-order valence-corrected chi connectivity index (χ0v) is 17.9. The smallest absolute Gasteiger partial charge is 0.247 e. The van der Waals surface area contributed by atoms with Gasteiger partial charge in [0.25, 0.3) is 0 Å². The number of halogens is 1. The third-order valence-corrected chi connectivity index (χ3v) is 4.79. The summed E-state index contributed by atoms with van der Waals surface area (Å²) in [5.74, 6) is 1.49. The lowest BCUT2D eigenvalue weighted by Gasteiger charge is -2.20. The van der Waals surface area contributed by atoms with E-state index in [0.717, 1.165) is 5.56 Å². The van der Waals surface area contributed by atoms with Gasteiger partial charge in [0.15, 0.2) is 0 Å². The number of aromatic nitrogens is 2. The van der Waals surface area contributed by atoms with Gasteiger partial charge in [0, 0.05) is 17.2 Å². The van der Waals surface area contributed by atoms with E-state index in [1.54, 1.807) is 18.2 Å². The van der Waals surface area contributed by atoms with E-state index in [2.05, 4.69) is 15.5 Å². The van der Waals surface area contributed by atoms with E-state index in [1.165, 1.54) is 6.07 Å². The molecule has 1 atom stereocenters. The van der Waals surface area contributed by atoms with Gasteiger partial charge in [0.2, 0.25) is 11.8 Å². The zero-order chi connectivity index (χ0) is 22.3. The van der Waals surface area contributed by atoms with Gasteiger partial charge >= 0.3 is 0 Å². The Morgan fingerprint density at radius 2 is 1.66 bits per heavy atom. The lowest BCUT2D eigenvalue weighted by atomic mass is 10.1. The van der Waals surface area contributed by atoms with Crippen molar-refractivity contribution in [1.29, 1.82) is 0 Å². The van der Waals surface area contributed by atoms with Gasteiger partial charge in [-0.3, -0.25) is 0 Å². The lowest BCUT2D eigenvalue weighted by Crippen LogP contribution is -2.15. The van der Waals surface area contributed by atoms with Crippen molar-refractivity contribution in [1.82, 2.24) is 10.2 Å². The van der Waals surface area contributed by atoms with Crippen LogP contribution in [0, 0.1) is 5.82 Å². The Balaban J connectivity index is 1.76. The summed E-state index contributed by atoms with van der Waals surface area (Å²) in [5, 5.41) is 11.7. The molecule has 7 heteroatoms. The molecule has 0 saturated carbocycles. The summed E-state index contributed by atoms with van der Waals surface area (Å²) in [7, 11) is 0. The molecule has 0 aliphatic heterocycles. The molecule has 6 nitrogen and oxygen atoms in total. The molecule has 32 heavy (non-hydrogen) atoms. The third kappa shape index (κ3) is 4.72. The Kier molecular flexibility index (Phi) is 6.65. The summed E-state index contributed by atoms with van der Waals surface area (Å²) in [6.07, 6.45) is 0. The van der Waals surface area contributed by atoms with E-state index >= 15 is 0 Å². The minimum atomic E-state index is -0.739. The number of nitrogens with one attached hydrogen (secondary N) is 1. The van der Waals surface area contributed by atoms with Crippen molar-refractivity contribution in [3.8, 4) is 23.0 Å². The van der Waals surface area contributed by atoms with Crippen molar-refractivity contribution < 1.29 is 18.3 Å². The summed E-state index contributed by atoms with van der Waals surface area (Å²) in [6.45, 7) is 4.81. The number of nitrogens with zero attached hydrogens (tertiary/aromatic N) is 2. The van der Waals surface area contributed by atoms with Crippen LogP contribution >= 0.6 is 0 Å². The molecule has 0 fully saturated rings. The predicted molar refractivity (Wildman–Crippen MR) is 120 cm³/mol. The number of rotatable bonds is 9. The summed E-state index contributed by atoms with van der Waals surface area (Å²) in [4.78, 5) is 0. The summed E-state index contributed by atoms with van der Waals surface area (Å²) in [5.41, 5.74) is 1.79. The first-order valence-corrected chi connectivity index (χ1v) is 10.5. The molecule has 164 valence electrons. The first-order chi connectivity index (χ1) is 15.7. The van der Waals surface area contributed by atoms with Gasteiger partial charge in [0.1, 0.15) is 23.4 Å². The van der Waals surface area contributed by atoms with Crippen LogP contribution in [0.25, 0.3) is 11.5 Å². The van der Waals surface area contributed by atoms with E-state index in [-0.39, 0.29) is 11.7 Å². The fraction of sp³-hybridized carbons (Fsp3) is 0.200. The Hall–Kier alpha value is -3.87. The molecule has 0 radical (unpaired) electrons. The predicted octanol–water partition coefficient (Wildman–Crippen LogP) is 5.87. The molecule has 1 aromatic heterocycles. The van der Waals surface area contributed by atoms with Crippen LogP contribution in [0.3, 0.4) is 0 Å². The maximum Gasteiger partial charge on any atom is 0.247 e. The molecule has 4 aromatic rings. The minimum Gasteiger partial charge on any atom is -0.494 e. The van der Waals surface area contributed by atoms with Gasteiger partial charge in [-0.25, -0.2) is 4.39 Å². The molecule has 0 amide bonds. The van der Waals surface area contributed by atoms with Gasteiger partial charge < -0.3 is 19.2 Å². The molecule has 1 N–H and O–H groups in total. The van der Waals surface area contributed by atoms with Crippen LogP contribution in [0.4, 0.5) is 10.1 Å². The van der Waals surface area contributed by atoms with Gasteiger partial charge in [-0.05, 0) is 44.2 Å². The van der Waals surface area contributed by atoms with Crippen molar-refractivity contribution in [2.75, 3.05) is 18.5 Å². The first-order valence-electron chi connectivity index (χ1n) is 10.5. The molecule has 4 rings (SSSR count). The molecule has 0 aliphatic rings. The van der Waals surface area contributed by atoms with Gasteiger partial charge in [-0.15, -0.1) is 10.2 Å². The third-order valence-electron chi connectivity index (χ3n) is 4.79. The largest absolute Gasteiger partial charge is 0.494 e. The van der Waals surface area contributed by atoms with Crippen LogP contribution in [0.1, 0.15) is 31.3 Å². The van der Waals surface area contributed by atoms with Crippen molar-refractivity contribution in [3.05, 3.63) is 90.1 Å². The monoisotopic (exact) mass is 433 g/mol. The molecule has 0 spiro atoms. The summed E-state index contributed by atoms with van der Waals surface area (Å²) >= 11 is 0. The minimum absolute atomic E-state index is 0.234. The van der Waals surface area contributed by atoms with Gasteiger partial charge in [-0.1, -0.05) is 36.4 Å². The van der Waals surface area contributed by atoms with E-state index in [4.69, 9.17) is 13.9 Å². The number of anilines is 1. The molecular weight excluding hydrogens is 409 g/mol. The second-order valence-corrected chi connectivity index (χ2v) is 6.93. The van der Waals surface area contributed by atoms with Crippen molar-refractivity contribution in [2.45, 2.75) is 19.9 Å². The Morgan fingerprint density at radius 3 is 2.41 bits per heavy atom. The maximum atomic E-state index is 14.8. The Bertz CT molecular complexity index is 1160. The molecule has 0 unspecified atom stereocenters. The van der Waals surface area contributed by atoms with Crippen molar-refractivity contribution in [3.63, 3.8) is 0 Å². The number of benzene rings is 3. The summed E-state index contributed by atoms with van der Waals surface area (Å²) < 4.78 is 32.2. The maximum absolute atomic E-state index is 14.8. The van der Waals surface area contributed by atoms with Gasteiger partial charge in [0.05, 0.1) is 18.9 Å². The highest BCUT2D eigenvalue weighted by atomic mass is 19.1. The molecule has 0 saturated heterocycles. The second-order valence-electron chi connectivity index (χ2n) is 6.93. The van der Waals surface area contributed by atoms with Crippen molar-refractivity contribution in [2.24, 2.45) is 0 Å².